The molecule has 11 aromatic rings. The molecule has 7 heteroatoms. The van der Waals surface area contributed by atoms with Gasteiger partial charge in [-0.1, -0.05) is 137 Å². The number of nitriles is 2. The van der Waals surface area contributed by atoms with E-state index >= 15 is 13.2 Å². The molecule has 0 saturated heterocycles. The first kappa shape index (κ1) is 41.5. The molecule has 0 unspecified atom stereocenters. The summed E-state index contributed by atoms with van der Waals surface area (Å²) in [5.74, 6) is 0. The van der Waals surface area contributed by atoms with E-state index in [0.29, 0.717) is 27.9 Å². The molecule has 0 radical (unpaired) electrons. The van der Waals surface area contributed by atoms with Gasteiger partial charge in [0, 0.05) is 43.6 Å². The largest absolute Gasteiger partial charge is 0.417 e. The topological polar surface area (TPSA) is 57.4 Å². The second kappa shape index (κ2) is 14.4. The number of hydrogen-bond acceptors (Lipinski definition) is 2. The van der Waals surface area contributed by atoms with Gasteiger partial charge >= 0.3 is 6.18 Å². The van der Waals surface area contributed by atoms with Crippen LogP contribution in [0.5, 0.6) is 0 Å². The molecule has 0 amide bonds. The zero-order valence-corrected chi connectivity index (χ0v) is 38.7. The molecule has 2 aromatic heterocycles. The van der Waals surface area contributed by atoms with E-state index in [2.05, 4.69) is 146 Å². The van der Waals surface area contributed by atoms with Crippen molar-refractivity contribution in [1.29, 1.82) is 10.5 Å². The molecule has 2 heterocycles. The smallest absolute Gasteiger partial charge is 0.309 e. The Hall–Kier alpha value is -8.65. The molecule has 0 N–H and O–H groups in total. The average Bonchev–Trinajstić information content (AvgIpc) is 4.04. The maximum absolute atomic E-state index is 15.4. The quantitative estimate of drug-likeness (QED) is 0.177. The lowest BCUT2D eigenvalue weighted by Crippen LogP contribution is -2.15. The minimum atomic E-state index is -4.79. The number of hydrogen-bond donors (Lipinski definition) is 0. The van der Waals surface area contributed by atoms with Crippen LogP contribution in [0.2, 0.25) is 0 Å². The molecule has 2 aliphatic rings. The summed E-state index contributed by atoms with van der Waals surface area (Å²) in [6, 6.07) is 61.7. The van der Waals surface area contributed by atoms with Crippen LogP contribution in [0, 0.1) is 22.7 Å². The molecule has 0 fully saturated rings. The fourth-order valence-corrected chi connectivity index (χ4v) is 12.4. The minimum absolute atomic E-state index is 0.0690. The Morgan fingerprint density at radius 3 is 1.49 bits per heavy atom. The van der Waals surface area contributed by atoms with E-state index in [0.717, 1.165) is 55.4 Å². The number of nitrogens with zero attached hydrogens (tertiary/aromatic N) is 4. The highest BCUT2D eigenvalue weighted by Crippen LogP contribution is 2.56. The van der Waals surface area contributed by atoms with Crippen molar-refractivity contribution >= 4 is 43.6 Å². The van der Waals surface area contributed by atoms with E-state index in [4.69, 9.17) is 0 Å². The van der Waals surface area contributed by atoms with Gasteiger partial charge in [-0.05, 0) is 128 Å². The average molecular weight is 911 g/mol. The SMILES string of the molecule is CC1(C)c2ccccc2-c2ccc3c(c21)c1ccccc1n3-c1ccc(-c2ccc(C#N)cc2C(F)(F)F)c(-c2cc(C#N)ccc2-n2c3ccccc3c3c4c(ccc32)-c2ccccc2C4(C)C)c1. The van der Waals surface area contributed by atoms with Gasteiger partial charge in [-0.2, -0.15) is 23.7 Å². The molecule has 2 aliphatic carbocycles. The fourth-order valence-electron chi connectivity index (χ4n) is 12.4. The Morgan fingerprint density at radius 1 is 0.414 bits per heavy atom. The van der Waals surface area contributed by atoms with Crippen LogP contribution in [0.3, 0.4) is 0 Å². The highest BCUT2D eigenvalue weighted by Gasteiger charge is 2.40. The number of benzene rings is 9. The van der Waals surface area contributed by atoms with Crippen LogP contribution in [0.4, 0.5) is 13.2 Å². The van der Waals surface area contributed by atoms with Gasteiger partial charge in [0.1, 0.15) is 0 Å². The van der Waals surface area contributed by atoms with Crippen LogP contribution in [0.25, 0.3) is 99.5 Å². The van der Waals surface area contributed by atoms with Gasteiger partial charge in [-0.25, -0.2) is 0 Å². The fraction of sp³-hybridized carbons (Fsp3) is 0.111. The Bertz CT molecular complexity index is 4200. The van der Waals surface area contributed by atoms with Crippen molar-refractivity contribution in [2.45, 2.75) is 44.7 Å². The van der Waals surface area contributed by atoms with Gasteiger partial charge in [0.05, 0.1) is 56.6 Å². The lowest BCUT2D eigenvalue weighted by molar-refractivity contribution is -0.137. The first-order valence-electron chi connectivity index (χ1n) is 23.5. The number of fused-ring (bicyclic) bond motifs is 14. The maximum atomic E-state index is 15.4. The number of para-hydroxylation sites is 2. The highest BCUT2D eigenvalue weighted by molar-refractivity contribution is 6.16. The van der Waals surface area contributed by atoms with Gasteiger partial charge in [0.25, 0.3) is 0 Å². The molecule has 0 spiro atoms. The summed E-state index contributed by atoms with van der Waals surface area (Å²) in [7, 11) is 0. The van der Waals surface area contributed by atoms with Crippen LogP contribution in [0.1, 0.15) is 66.6 Å². The third-order valence-corrected chi connectivity index (χ3v) is 15.4. The first-order chi connectivity index (χ1) is 33.8. The summed E-state index contributed by atoms with van der Waals surface area (Å²) in [4.78, 5) is 0. The third kappa shape index (κ3) is 5.58. The second-order valence-electron chi connectivity index (χ2n) is 19.8. The summed E-state index contributed by atoms with van der Waals surface area (Å²) < 4.78 is 50.6. The molecule has 0 atom stereocenters. The van der Waals surface area contributed by atoms with Crippen LogP contribution in [-0.4, -0.2) is 9.13 Å². The number of halogens is 3. The van der Waals surface area contributed by atoms with Crippen molar-refractivity contribution in [2.75, 3.05) is 0 Å². The van der Waals surface area contributed by atoms with Crippen molar-refractivity contribution in [3.63, 3.8) is 0 Å². The zero-order valence-electron chi connectivity index (χ0n) is 38.7. The van der Waals surface area contributed by atoms with Gasteiger partial charge in [-0.15, -0.1) is 0 Å². The zero-order chi connectivity index (χ0) is 48.0. The predicted octanol–water partition coefficient (Wildman–Crippen LogP) is 16.6. The Balaban J connectivity index is 1.14. The molecule has 4 nitrogen and oxygen atoms in total. The van der Waals surface area contributed by atoms with E-state index in [9.17, 15) is 10.5 Å². The first-order valence-corrected chi connectivity index (χ1v) is 23.5. The molecule has 0 bridgehead atoms. The molecule has 13 rings (SSSR count). The maximum Gasteiger partial charge on any atom is 0.417 e. The van der Waals surface area contributed by atoms with E-state index in [1.165, 1.54) is 56.6 Å². The summed E-state index contributed by atoms with van der Waals surface area (Å²) in [6.45, 7) is 9.09. The van der Waals surface area contributed by atoms with Gasteiger partial charge in [0.2, 0.25) is 0 Å². The normalized spacial score (nSPS) is 14.1. The van der Waals surface area contributed by atoms with Crippen molar-refractivity contribution in [1.82, 2.24) is 9.13 Å². The van der Waals surface area contributed by atoms with Gasteiger partial charge in [0.15, 0.2) is 0 Å². The second-order valence-corrected chi connectivity index (χ2v) is 19.8. The monoisotopic (exact) mass is 910 g/mol. The van der Waals surface area contributed by atoms with E-state index in [-0.39, 0.29) is 22.0 Å². The van der Waals surface area contributed by atoms with Crippen molar-refractivity contribution in [2.24, 2.45) is 0 Å². The Morgan fingerprint density at radius 2 is 0.900 bits per heavy atom. The third-order valence-electron chi connectivity index (χ3n) is 15.4. The molecule has 0 aliphatic heterocycles. The van der Waals surface area contributed by atoms with Crippen LogP contribution in [0.15, 0.2) is 176 Å². The minimum Gasteiger partial charge on any atom is -0.309 e. The lowest BCUT2D eigenvalue weighted by Gasteiger charge is -2.23. The molecule has 70 heavy (non-hydrogen) atoms. The van der Waals surface area contributed by atoms with Crippen LogP contribution in [-0.2, 0) is 17.0 Å². The van der Waals surface area contributed by atoms with Crippen molar-refractivity contribution < 1.29 is 13.2 Å². The van der Waals surface area contributed by atoms with E-state index < -0.39 is 11.7 Å². The number of rotatable bonds is 4. The molecule has 9 aromatic carbocycles. The standard InChI is InChI=1S/C63H41F3N4/c1-61(2)49-17-9-5-13-40(49)43-26-29-55-57(59(43)61)45-15-7-11-19-52(45)69(55)38-23-25-39(42-24-21-37(35-68)32-51(42)63(64,65)66)47(33-38)48-31-36(34-67)22-28-54(48)70-53-20-12-8-16-46(53)58-56(70)30-27-44-41-14-6-10-18-50(41)62(3,4)60(44)58/h5-33H,1-4H3. The van der Waals surface area contributed by atoms with E-state index in [1.54, 1.807) is 18.2 Å². The summed E-state index contributed by atoms with van der Waals surface area (Å²) in [6.07, 6.45) is -4.79. The molecule has 0 saturated carbocycles. The lowest BCUT2D eigenvalue weighted by atomic mass is 9.80. The Kier molecular flexibility index (Phi) is 8.56. The van der Waals surface area contributed by atoms with E-state index in [1.807, 2.05) is 42.5 Å². The van der Waals surface area contributed by atoms with Crippen molar-refractivity contribution in [3.8, 4) is 68.0 Å². The molecule has 334 valence electrons. The predicted molar refractivity (Wildman–Crippen MR) is 276 cm³/mol. The van der Waals surface area contributed by atoms with Crippen molar-refractivity contribution in [3.05, 3.63) is 215 Å². The van der Waals surface area contributed by atoms with Crippen LogP contribution < -0.4 is 0 Å². The summed E-state index contributed by atoms with van der Waals surface area (Å²) in [5.41, 5.74) is 15.0. The van der Waals surface area contributed by atoms with Gasteiger partial charge < -0.3 is 9.13 Å². The Labute approximate surface area is 402 Å². The van der Waals surface area contributed by atoms with Crippen LogP contribution >= 0.6 is 0 Å². The number of aromatic nitrogens is 2. The molecular formula is C63H41F3N4. The number of alkyl halides is 3. The highest BCUT2D eigenvalue weighted by atomic mass is 19.4. The molecular weight excluding hydrogens is 870 g/mol. The summed E-state index contributed by atoms with van der Waals surface area (Å²) in [5, 5.41) is 24.8. The summed E-state index contributed by atoms with van der Waals surface area (Å²) >= 11 is 0. The van der Waals surface area contributed by atoms with Gasteiger partial charge in [-0.3, -0.25) is 0 Å².